The number of rotatable bonds is 7. The van der Waals surface area contributed by atoms with Gasteiger partial charge in [0.2, 0.25) is 0 Å². The minimum absolute atomic E-state index is 0.237. The highest BCUT2D eigenvalue weighted by Gasteiger charge is 2.17. The van der Waals surface area contributed by atoms with Crippen LogP contribution in [0.5, 0.6) is 11.5 Å². The Morgan fingerprint density at radius 1 is 1.04 bits per heavy atom. The second kappa shape index (κ2) is 9.13. The highest BCUT2D eigenvalue weighted by atomic mass is 16.5. The van der Waals surface area contributed by atoms with Crippen molar-refractivity contribution in [2.24, 2.45) is 0 Å². The normalized spacial score (nSPS) is 11.6. The number of benzene rings is 2. The van der Waals surface area contributed by atoms with Crippen LogP contribution in [0.4, 0.5) is 10.5 Å². The Kier molecular flexibility index (Phi) is 6.89. The topological polar surface area (TPSA) is 59.6 Å². The lowest BCUT2D eigenvalue weighted by atomic mass is 10.0. The fourth-order valence-electron chi connectivity index (χ4n) is 3.00. The zero-order valence-electron chi connectivity index (χ0n) is 16.2. The Hall–Kier alpha value is -2.69. The average Bonchev–Trinajstić information content (AvgIpc) is 2.67. The fourth-order valence-corrected chi connectivity index (χ4v) is 3.00. The summed E-state index contributed by atoms with van der Waals surface area (Å²) in [5.41, 5.74) is 4.03. The Morgan fingerprint density at radius 3 is 2.23 bits per heavy atom. The van der Waals surface area contributed by atoms with Gasteiger partial charge in [-0.15, -0.1) is 0 Å². The molecule has 140 valence electrons. The lowest BCUT2D eigenvalue weighted by Gasteiger charge is -2.20. The molecule has 0 aliphatic carbocycles. The van der Waals surface area contributed by atoms with Gasteiger partial charge in [0.25, 0.3) is 0 Å². The molecule has 2 aromatic rings. The first-order chi connectivity index (χ1) is 12.5. The van der Waals surface area contributed by atoms with E-state index in [1.165, 1.54) is 0 Å². The number of carbonyl (C=O) groups is 1. The average molecular weight is 356 g/mol. The first kappa shape index (κ1) is 19.6. The van der Waals surface area contributed by atoms with E-state index in [1.54, 1.807) is 14.2 Å². The van der Waals surface area contributed by atoms with Crippen LogP contribution in [0.3, 0.4) is 0 Å². The van der Waals surface area contributed by atoms with Gasteiger partial charge in [0.15, 0.2) is 0 Å². The summed E-state index contributed by atoms with van der Waals surface area (Å²) >= 11 is 0. The van der Waals surface area contributed by atoms with E-state index in [9.17, 15) is 4.79 Å². The number of hydrogen-bond donors (Lipinski definition) is 2. The molecule has 2 rings (SSSR count). The maximum atomic E-state index is 12.6. The molecule has 0 saturated heterocycles. The van der Waals surface area contributed by atoms with E-state index >= 15 is 0 Å². The Morgan fingerprint density at radius 2 is 1.69 bits per heavy atom. The lowest BCUT2D eigenvalue weighted by Crippen LogP contribution is -2.32. The van der Waals surface area contributed by atoms with E-state index in [0.29, 0.717) is 5.75 Å². The van der Waals surface area contributed by atoms with Crippen molar-refractivity contribution >= 4 is 11.7 Å². The van der Waals surface area contributed by atoms with E-state index in [1.807, 2.05) is 43.3 Å². The van der Waals surface area contributed by atoms with E-state index in [0.717, 1.165) is 41.0 Å². The summed E-state index contributed by atoms with van der Waals surface area (Å²) in [4.78, 5) is 12.6. The number of carbonyl (C=O) groups excluding carboxylic acids is 1. The number of urea groups is 1. The molecule has 0 heterocycles. The molecule has 0 spiro atoms. The minimum Gasteiger partial charge on any atom is -0.497 e. The maximum Gasteiger partial charge on any atom is 0.319 e. The summed E-state index contributed by atoms with van der Waals surface area (Å²) < 4.78 is 10.7. The maximum absolute atomic E-state index is 12.6. The van der Waals surface area contributed by atoms with Crippen LogP contribution in [0, 0.1) is 0 Å². The predicted octanol–water partition coefficient (Wildman–Crippen LogP) is 4.71. The van der Waals surface area contributed by atoms with Crippen molar-refractivity contribution in [1.29, 1.82) is 0 Å². The molecule has 0 saturated carbocycles. The van der Waals surface area contributed by atoms with Crippen LogP contribution in [0.2, 0.25) is 0 Å². The van der Waals surface area contributed by atoms with E-state index in [4.69, 9.17) is 9.47 Å². The molecule has 0 aliphatic heterocycles. The molecule has 0 aromatic heterocycles. The molecule has 26 heavy (non-hydrogen) atoms. The number of aryl methyl sites for hydroxylation is 2. The third-order valence-corrected chi connectivity index (χ3v) is 4.49. The highest BCUT2D eigenvalue weighted by molar-refractivity contribution is 5.91. The van der Waals surface area contributed by atoms with E-state index < -0.39 is 0 Å². The monoisotopic (exact) mass is 356 g/mol. The van der Waals surface area contributed by atoms with Crippen LogP contribution < -0.4 is 20.1 Å². The molecule has 2 N–H and O–H groups in total. The van der Waals surface area contributed by atoms with Gasteiger partial charge < -0.3 is 20.1 Å². The largest absolute Gasteiger partial charge is 0.497 e. The molecule has 1 atom stereocenters. The second-order valence-corrected chi connectivity index (χ2v) is 6.09. The Balaban J connectivity index is 2.18. The van der Waals surface area contributed by atoms with Gasteiger partial charge in [-0.3, -0.25) is 0 Å². The quantitative estimate of drug-likeness (QED) is 0.755. The summed E-state index contributed by atoms with van der Waals surface area (Å²) in [5.74, 6) is 1.43. The van der Waals surface area contributed by atoms with Gasteiger partial charge in [0.1, 0.15) is 11.5 Å². The summed E-state index contributed by atoms with van der Waals surface area (Å²) in [6, 6.07) is 11.2. The molecule has 2 amide bonds. The summed E-state index contributed by atoms with van der Waals surface area (Å²) in [7, 11) is 3.23. The molecule has 0 aliphatic rings. The highest BCUT2D eigenvalue weighted by Crippen LogP contribution is 2.29. The number of ether oxygens (including phenoxy) is 2. The molecule has 0 bridgehead atoms. The van der Waals surface area contributed by atoms with Crippen molar-refractivity contribution in [2.45, 2.75) is 39.7 Å². The summed E-state index contributed by atoms with van der Waals surface area (Å²) in [6.07, 6.45) is 1.73. The van der Waals surface area contributed by atoms with Gasteiger partial charge in [0, 0.05) is 11.3 Å². The summed E-state index contributed by atoms with van der Waals surface area (Å²) in [6.45, 7) is 6.09. The number of methoxy groups -OCH3 is 2. The van der Waals surface area contributed by atoms with Gasteiger partial charge in [0.05, 0.1) is 20.3 Å². The SMILES string of the molecule is CCc1cccc(CC)c1NC(=O)NC(C)c1cc(OC)ccc1OC. The van der Waals surface area contributed by atoms with Crippen molar-refractivity contribution in [1.82, 2.24) is 5.32 Å². The number of hydrogen-bond acceptors (Lipinski definition) is 3. The van der Waals surface area contributed by atoms with Gasteiger partial charge in [-0.2, -0.15) is 0 Å². The van der Waals surface area contributed by atoms with Gasteiger partial charge in [-0.05, 0) is 49.1 Å². The zero-order valence-corrected chi connectivity index (χ0v) is 16.2. The van der Waals surface area contributed by atoms with Gasteiger partial charge in [-0.1, -0.05) is 32.0 Å². The molecule has 5 heteroatoms. The molecule has 5 nitrogen and oxygen atoms in total. The molecule has 2 aromatic carbocycles. The van der Waals surface area contributed by atoms with E-state index in [2.05, 4.69) is 24.5 Å². The van der Waals surface area contributed by atoms with Crippen molar-refractivity contribution in [3.05, 3.63) is 53.1 Å². The number of nitrogens with one attached hydrogen (secondary N) is 2. The Bertz CT molecular complexity index is 737. The van der Waals surface area contributed by atoms with Crippen LogP contribution >= 0.6 is 0 Å². The second-order valence-electron chi connectivity index (χ2n) is 6.09. The Labute approximate surface area is 155 Å². The van der Waals surface area contributed by atoms with Crippen molar-refractivity contribution in [2.75, 3.05) is 19.5 Å². The number of anilines is 1. The summed E-state index contributed by atoms with van der Waals surface area (Å²) in [5, 5.41) is 6.01. The van der Waals surface area contributed by atoms with Crippen molar-refractivity contribution < 1.29 is 14.3 Å². The van der Waals surface area contributed by atoms with Gasteiger partial charge in [-0.25, -0.2) is 4.79 Å². The molecular formula is C21H28N2O3. The fraction of sp³-hybridized carbons (Fsp3) is 0.381. The zero-order chi connectivity index (χ0) is 19.1. The van der Waals surface area contributed by atoms with Crippen molar-refractivity contribution in [3.63, 3.8) is 0 Å². The van der Waals surface area contributed by atoms with Gasteiger partial charge >= 0.3 is 6.03 Å². The molecular weight excluding hydrogens is 328 g/mol. The van der Waals surface area contributed by atoms with Crippen molar-refractivity contribution in [3.8, 4) is 11.5 Å². The third-order valence-electron chi connectivity index (χ3n) is 4.49. The van der Waals surface area contributed by atoms with Crippen LogP contribution in [0.15, 0.2) is 36.4 Å². The third kappa shape index (κ3) is 4.48. The lowest BCUT2D eigenvalue weighted by molar-refractivity contribution is 0.249. The van der Waals surface area contributed by atoms with Crippen LogP contribution in [-0.2, 0) is 12.8 Å². The smallest absolute Gasteiger partial charge is 0.319 e. The first-order valence-corrected chi connectivity index (χ1v) is 8.94. The number of amides is 2. The van der Waals surface area contributed by atoms with Crippen LogP contribution in [0.25, 0.3) is 0 Å². The standard InChI is InChI=1S/C21H28N2O3/c1-6-15-9-8-10-16(7-2)20(15)23-21(24)22-14(3)18-13-17(25-4)11-12-19(18)26-5/h8-14H,6-7H2,1-5H3,(H2,22,23,24). The molecule has 0 radical (unpaired) electrons. The van der Waals surface area contributed by atoms with Crippen LogP contribution in [-0.4, -0.2) is 20.3 Å². The minimum atomic E-state index is -0.238. The van der Waals surface area contributed by atoms with Crippen LogP contribution in [0.1, 0.15) is 43.5 Å². The molecule has 0 fully saturated rings. The van der Waals surface area contributed by atoms with E-state index in [-0.39, 0.29) is 12.1 Å². The first-order valence-electron chi connectivity index (χ1n) is 8.94. The number of para-hydroxylation sites is 1. The predicted molar refractivity (Wildman–Crippen MR) is 105 cm³/mol. The molecule has 1 unspecified atom stereocenters.